The number of anilines is 1. The number of thiazole rings is 1. The summed E-state index contributed by atoms with van der Waals surface area (Å²) in [6.07, 6.45) is 0. The first kappa shape index (κ1) is 16.5. The van der Waals surface area contributed by atoms with Crippen molar-refractivity contribution < 1.29 is 13.9 Å². The molecule has 0 aliphatic rings. The van der Waals surface area contributed by atoms with Gasteiger partial charge in [0.15, 0.2) is 22.2 Å². The Balaban J connectivity index is 1.84. The van der Waals surface area contributed by atoms with Gasteiger partial charge in [0.2, 0.25) is 0 Å². The number of aromatic nitrogens is 1. The molecule has 1 amide bonds. The average Bonchev–Trinajstić information content (AvgIpc) is 3.14. The number of carbonyl (C=O) groups is 1. The summed E-state index contributed by atoms with van der Waals surface area (Å²) in [6, 6.07) is 7.30. The number of para-hydroxylation sites is 1. The van der Waals surface area contributed by atoms with Crippen molar-refractivity contribution in [3.8, 4) is 5.75 Å². The molecule has 0 aliphatic heterocycles. The van der Waals surface area contributed by atoms with Crippen molar-refractivity contribution in [2.75, 3.05) is 11.9 Å². The topological polar surface area (TPSA) is 64.4 Å². The summed E-state index contributed by atoms with van der Waals surface area (Å²) in [4.78, 5) is 16.9. The largest absolute Gasteiger partial charge is 0.490 e. The van der Waals surface area contributed by atoms with Crippen molar-refractivity contribution in [1.29, 1.82) is 0 Å². The number of hydrogen-bond donors (Lipinski definition) is 1. The maximum atomic E-state index is 12.4. The van der Waals surface area contributed by atoms with Gasteiger partial charge in [0.05, 0.1) is 12.3 Å². The maximum absolute atomic E-state index is 12.4. The lowest BCUT2D eigenvalue weighted by atomic mass is 9.93. The smallest absolute Gasteiger partial charge is 0.293 e. The van der Waals surface area contributed by atoms with Crippen LogP contribution in [0.15, 0.2) is 34.1 Å². The van der Waals surface area contributed by atoms with Crippen LogP contribution < -0.4 is 10.1 Å². The van der Waals surface area contributed by atoms with Crippen molar-refractivity contribution in [2.45, 2.75) is 33.1 Å². The molecule has 0 atom stereocenters. The van der Waals surface area contributed by atoms with E-state index >= 15 is 0 Å². The number of ether oxygens (including phenoxy) is 1. The van der Waals surface area contributed by atoms with Crippen LogP contribution in [-0.2, 0) is 5.41 Å². The van der Waals surface area contributed by atoms with Gasteiger partial charge in [-0.15, -0.1) is 11.3 Å². The molecule has 0 spiro atoms. The van der Waals surface area contributed by atoms with E-state index in [0.717, 1.165) is 11.1 Å². The quantitative estimate of drug-likeness (QED) is 0.735. The lowest BCUT2D eigenvalue weighted by Crippen LogP contribution is -2.13. The molecule has 0 saturated carbocycles. The van der Waals surface area contributed by atoms with E-state index in [1.807, 2.05) is 30.5 Å². The fraction of sp³-hybridized carbons (Fsp3) is 0.333. The Morgan fingerprint density at radius 2 is 2.17 bits per heavy atom. The highest BCUT2D eigenvalue weighted by Gasteiger charge is 2.20. The molecule has 24 heavy (non-hydrogen) atoms. The van der Waals surface area contributed by atoms with Crippen LogP contribution in [0.2, 0.25) is 0 Å². The number of nitrogens with zero attached hydrogens (tertiary/aromatic N) is 1. The Labute approximate surface area is 144 Å². The molecule has 6 heteroatoms. The number of rotatable bonds is 4. The summed E-state index contributed by atoms with van der Waals surface area (Å²) in [5.41, 5.74) is 1.48. The van der Waals surface area contributed by atoms with Crippen LogP contribution in [-0.4, -0.2) is 17.5 Å². The summed E-state index contributed by atoms with van der Waals surface area (Å²) < 4.78 is 11.2. The summed E-state index contributed by atoms with van der Waals surface area (Å²) in [5.74, 6) is 0.562. The van der Waals surface area contributed by atoms with Crippen molar-refractivity contribution in [3.05, 3.63) is 41.1 Å². The monoisotopic (exact) mass is 344 g/mol. The highest BCUT2D eigenvalue weighted by molar-refractivity contribution is 7.14. The lowest BCUT2D eigenvalue weighted by molar-refractivity contribution is 0.0998. The van der Waals surface area contributed by atoms with Crippen LogP contribution >= 0.6 is 11.3 Å². The molecule has 0 radical (unpaired) electrons. The first-order chi connectivity index (χ1) is 11.4. The third-order valence-corrected chi connectivity index (χ3v) is 4.28. The van der Waals surface area contributed by atoms with Gasteiger partial charge >= 0.3 is 0 Å². The fourth-order valence-electron chi connectivity index (χ4n) is 2.25. The number of carbonyl (C=O) groups excluding carboxylic acids is 1. The van der Waals surface area contributed by atoms with E-state index in [0.29, 0.717) is 23.1 Å². The van der Waals surface area contributed by atoms with E-state index in [2.05, 4.69) is 31.1 Å². The Morgan fingerprint density at radius 3 is 2.83 bits per heavy atom. The standard InChI is InChI=1S/C18H20N2O3S/c1-5-22-12-8-6-7-11-9-13(23-15(11)12)16(21)20-17-19-14(10-24-17)18(2,3)4/h6-10H,5H2,1-4H3,(H,19,20,21). The van der Waals surface area contributed by atoms with Crippen molar-refractivity contribution in [3.63, 3.8) is 0 Å². The van der Waals surface area contributed by atoms with Gasteiger partial charge in [0, 0.05) is 16.2 Å². The van der Waals surface area contributed by atoms with Gasteiger partial charge in [0.25, 0.3) is 5.91 Å². The zero-order chi connectivity index (χ0) is 17.3. The number of furan rings is 1. The molecular formula is C18H20N2O3S. The molecule has 0 bridgehead atoms. The molecular weight excluding hydrogens is 324 g/mol. The molecule has 3 aromatic rings. The predicted molar refractivity (Wildman–Crippen MR) is 96.2 cm³/mol. The van der Waals surface area contributed by atoms with Crippen LogP contribution in [0.1, 0.15) is 43.9 Å². The molecule has 1 N–H and O–H groups in total. The summed E-state index contributed by atoms with van der Waals surface area (Å²) in [7, 11) is 0. The number of benzene rings is 1. The van der Waals surface area contributed by atoms with Crippen molar-refractivity contribution >= 4 is 33.3 Å². The van der Waals surface area contributed by atoms with Gasteiger partial charge in [-0.25, -0.2) is 4.98 Å². The molecule has 0 fully saturated rings. The molecule has 0 unspecified atom stereocenters. The van der Waals surface area contributed by atoms with Crippen LogP contribution in [0.4, 0.5) is 5.13 Å². The third-order valence-electron chi connectivity index (χ3n) is 3.52. The minimum Gasteiger partial charge on any atom is -0.490 e. The van der Waals surface area contributed by atoms with Gasteiger partial charge in [0.1, 0.15) is 0 Å². The van der Waals surface area contributed by atoms with E-state index in [-0.39, 0.29) is 17.1 Å². The van der Waals surface area contributed by atoms with E-state index in [4.69, 9.17) is 9.15 Å². The number of fused-ring (bicyclic) bond motifs is 1. The maximum Gasteiger partial charge on any atom is 0.293 e. The highest BCUT2D eigenvalue weighted by Crippen LogP contribution is 2.30. The average molecular weight is 344 g/mol. The van der Waals surface area contributed by atoms with E-state index < -0.39 is 0 Å². The van der Waals surface area contributed by atoms with Gasteiger partial charge in [-0.2, -0.15) is 0 Å². The second-order valence-electron chi connectivity index (χ2n) is 6.46. The van der Waals surface area contributed by atoms with E-state index in [9.17, 15) is 4.79 Å². The minimum atomic E-state index is -0.316. The zero-order valence-corrected chi connectivity index (χ0v) is 15.0. The van der Waals surface area contributed by atoms with Crippen LogP contribution in [0, 0.1) is 0 Å². The second-order valence-corrected chi connectivity index (χ2v) is 7.32. The van der Waals surface area contributed by atoms with Gasteiger partial charge < -0.3 is 9.15 Å². The Morgan fingerprint density at radius 1 is 1.38 bits per heavy atom. The number of amides is 1. The molecule has 3 rings (SSSR count). The van der Waals surface area contributed by atoms with Crippen LogP contribution in [0.3, 0.4) is 0 Å². The first-order valence-corrected chi connectivity index (χ1v) is 8.69. The van der Waals surface area contributed by atoms with Gasteiger partial charge in [-0.05, 0) is 19.1 Å². The van der Waals surface area contributed by atoms with Gasteiger partial charge in [-0.1, -0.05) is 32.9 Å². The van der Waals surface area contributed by atoms with Crippen molar-refractivity contribution in [2.24, 2.45) is 0 Å². The SMILES string of the molecule is CCOc1cccc2cc(C(=O)Nc3nc(C(C)(C)C)cs3)oc12. The number of hydrogen-bond acceptors (Lipinski definition) is 5. The molecule has 0 saturated heterocycles. The zero-order valence-electron chi connectivity index (χ0n) is 14.2. The normalized spacial score (nSPS) is 11.7. The van der Waals surface area contributed by atoms with Gasteiger partial charge in [-0.3, -0.25) is 10.1 Å². The van der Waals surface area contributed by atoms with E-state index in [1.165, 1.54) is 11.3 Å². The summed E-state index contributed by atoms with van der Waals surface area (Å²) in [6.45, 7) is 8.70. The predicted octanol–water partition coefficient (Wildman–Crippen LogP) is 4.84. The Kier molecular flexibility index (Phi) is 4.32. The molecule has 5 nitrogen and oxygen atoms in total. The fourth-order valence-corrected chi connectivity index (χ4v) is 3.18. The molecule has 0 aliphatic carbocycles. The number of nitrogens with one attached hydrogen (secondary N) is 1. The Bertz CT molecular complexity index is 874. The first-order valence-electron chi connectivity index (χ1n) is 7.81. The third kappa shape index (κ3) is 3.28. The molecule has 2 heterocycles. The highest BCUT2D eigenvalue weighted by atomic mass is 32.1. The summed E-state index contributed by atoms with van der Waals surface area (Å²) >= 11 is 1.41. The second kappa shape index (κ2) is 6.28. The van der Waals surface area contributed by atoms with Crippen LogP contribution in [0.25, 0.3) is 11.0 Å². The molecule has 126 valence electrons. The van der Waals surface area contributed by atoms with E-state index in [1.54, 1.807) is 6.07 Å². The summed E-state index contributed by atoms with van der Waals surface area (Å²) in [5, 5.41) is 6.16. The van der Waals surface area contributed by atoms with Crippen LogP contribution in [0.5, 0.6) is 5.75 Å². The minimum absolute atomic E-state index is 0.0504. The Hall–Kier alpha value is -2.34. The van der Waals surface area contributed by atoms with Crippen molar-refractivity contribution in [1.82, 2.24) is 4.98 Å². The molecule has 2 aromatic heterocycles. The molecule has 1 aromatic carbocycles. The lowest BCUT2D eigenvalue weighted by Gasteiger charge is -2.14.